The standard InChI is InChI=1S/C11H19NOS/c1-8(7-13-4)12-10(3)11-6-5-9(2)14-11/h5-6,8,10,12H,7H2,1-4H3/t8-,10-/m1/s1. The number of nitrogens with one attached hydrogen (secondary N) is 1. The fourth-order valence-electron chi connectivity index (χ4n) is 1.49. The molecule has 0 fully saturated rings. The van der Waals surface area contributed by atoms with Crippen LogP contribution in [0.15, 0.2) is 12.1 Å². The van der Waals surface area contributed by atoms with Crippen LogP contribution in [-0.4, -0.2) is 19.8 Å². The summed E-state index contributed by atoms with van der Waals surface area (Å²) in [4.78, 5) is 2.76. The highest BCUT2D eigenvalue weighted by Gasteiger charge is 2.10. The van der Waals surface area contributed by atoms with E-state index in [2.05, 4.69) is 38.2 Å². The minimum absolute atomic E-state index is 0.400. The third kappa shape index (κ3) is 3.40. The van der Waals surface area contributed by atoms with Crippen molar-refractivity contribution >= 4 is 11.3 Å². The Labute approximate surface area is 90.3 Å². The second-order valence-corrected chi connectivity index (χ2v) is 5.01. The van der Waals surface area contributed by atoms with Crippen LogP contribution in [0.3, 0.4) is 0 Å². The maximum absolute atomic E-state index is 5.09. The molecule has 0 amide bonds. The lowest BCUT2D eigenvalue weighted by Crippen LogP contribution is -2.32. The van der Waals surface area contributed by atoms with Crippen molar-refractivity contribution < 1.29 is 4.74 Å². The van der Waals surface area contributed by atoms with Gasteiger partial charge in [-0.3, -0.25) is 0 Å². The summed E-state index contributed by atoms with van der Waals surface area (Å²) in [6, 6.07) is 5.17. The summed E-state index contributed by atoms with van der Waals surface area (Å²) in [6.07, 6.45) is 0. The lowest BCUT2D eigenvalue weighted by Gasteiger charge is -2.18. The molecule has 2 nitrogen and oxygen atoms in total. The molecule has 80 valence electrons. The molecule has 0 unspecified atom stereocenters. The van der Waals surface area contributed by atoms with Gasteiger partial charge in [-0.2, -0.15) is 0 Å². The van der Waals surface area contributed by atoms with Crippen molar-refractivity contribution in [2.45, 2.75) is 32.9 Å². The first kappa shape index (κ1) is 11.7. The fraction of sp³-hybridized carbons (Fsp3) is 0.636. The van der Waals surface area contributed by atoms with Gasteiger partial charge in [0.15, 0.2) is 0 Å². The van der Waals surface area contributed by atoms with E-state index in [-0.39, 0.29) is 0 Å². The van der Waals surface area contributed by atoms with Gasteiger partial charge in [0.2, 0.25) is 0 Å². The predicted octanol–water partition coefficient (Wildman–Crippen LogP) is 2.74. The first-order valence-electron chi connectivity index (χ1n) is 4.94. The van der Waals surface area contributed by atoms with Gasteiger partial charge in [0, 0.05) is 28.9 Å². The smallest absolute Gasteiger partial charge is 0.0613 e. The number of hydrogen-bond acceptors (Lipinski definition) is 3. The molecular formula is C11H19NOS. The Morgan fingerprint density at radius 3 is 2.64 bits per heavy atom. The molecule has 2 atom stereocenters. The minimum atomic E-state index is 0.400. The minimum Gasteiger partial charge on any atom is -0.383 e. The molecule has 0 aliphatic rings. The van der Waals surface area contributed by atoms with E-state index in [1.807, 2.05) is 11.3 Å². The Bertz CT molecular complexity index is 272. The van der Waals surface area contributed by atoms with Crippen molar-refractivity contribution in [3.05, 3.63) is 21.9 Å². The van der Waals surface area contributed by atoms with E-state index in [9.17, 15) is 0 Å². The number of ether oxygens (including phenoxy) is 1. The van der Waals surface area contributed by atoms with Gasteiger partial charge in [-0.25, -0.2) is 0 Å². The molecule has 0 aliphatic carbocycles. The van der Waals surface area contributed by atoms with Gasteiger partial charge in [0.1, 0.15) is 0 Å². The maximum Gasteiger partial charge on any atom is 0.0613 e. The topological polar surface area (TPSA) is 21.3 Å². The molecule has 1 aromatic heterocycles. The van der Waals surface area contributed by atoms with E-state index in [0.29, 0.717) is 12.1 Å². The van der Waals surface area contributed by atoms with Gasteiger partial charge >= 0.3 is 0 Å². The summed E-state index contributed by atoms with van der Waals surface area (Å²) < 4.78 is 5.09. The zero-order chi connectivity index (χ0) is 10.6. The fourth-order valence-corrected chi connectivity index (χ4v) is 2.38. The van der Waals surface area contributed by atoms with Crippen LogP contribution in [0.1, 0.15) is 29.6 Å². The highest BCUT2D eigenvalue weighted by molar-refractivity contribution is 7.12. The lowest BCUT2D eigenvalue weighted by molar-refractivity contribution is 0.168. The van der Waals surface area contributed by atoms with E-state index in [0.717, 1.165) is 6.61 Å². The molecule has 0 spiro atoms. The first-order valence-corrected chi connectivity index (χ1v) is 5.76. The van der Waals surface area contributed by atoms with Gasteiger partial charge in [-0.1, -0.05) is 0 Å². The maximum atomic E-state index is 5.09. The van der Waals surface area contributed by atoms with Crippen molar-refractivity contribution in [2.24, 2.45) is 0 Å². The molecule has 14 heavy (non-hydrogen) atoms. The Morgan fingerprint density at radius 1 is 1.43 bits per heavy atom. The quantitative estimate of drug-likeness (QED) is 0.812. The molecule has 1 heterocycles. The average Bonchev–Trinajstić information content (AvgIpc) is 2.52. The van der Waals surface area contributed by atoms with Gasteiger partial charge < -0.3 is 10.1 Å². The zero-order valence-electron chi connectivity index (χ0n) is 9.33. The van der Waals surface area contributed by atoms with Crippen LogP contribution in [0.25, 0.3) is 0 Å². The van der Waals surface area contributed by atoms with Crippen LogP contribution < -0.4 is 5.32 Å². The highest BCUT2D eigenvalue weighted by atomic mass is 32.1. The molecular weight excluding hydrogens is 194 g/mol. The second kappa shape index (κ2) is 5.49. The molecule has 0 saturated carbocycles. The molecule has 0 aliphatic heterocycles. The first-order chi connectivity index (χ1) is 6.63. The summed E-state index contributed by atoms with van der Waals surface area (Å²) >= 11 is 1.85. The third-order valence-corrected chi connectivity index (χ3v) is 3.32. The number of aryl methyl sites for hydroxylation is 1. The van der Waals surface area contributed by atoms with E-state index in [1.165, 1.54) is 9.75 Å². The molecule has 0 bridgehead atoms. The van der Waals surface area contributed by atoms with Crippen molar-refractivity contribution in [1.82, 2.24) is 5.32 Å². The van der Waals surface area contributed by atoms with Crippen LogP contribution in [0, 0.1) is 6.92 Å². The molecule has 0 radical (unpaired) electrons. The van der Waals surface area contributed by atoms with Crippen molar-refractivity contribution in [2.75, 3.05) is 13.7 Å². The van der Waals surface area contributed by atoms with Crippen LogP contribution in [0.2, 0.25) is 0 Å². The Morgan fingerprint density at radius 2 is 2.14 bits per heavy atom. The molecule has 0 aromatic carbocycles. The van der Waals surface area contributed by atoms with Crippen LogP contribution >= 0.6 is 11.3 Å². The number of rotatable bonds is 5. The Hall–Kier alpha value is -0.380. The summed E-state index contributed by atoms with van der Waals surface area (Å²) in [5.74, 6) is 0. The zero-order valence-corrected chi connectivity index (χ0v) is 10.1. The molecule has 1 rings (SSSR count). The second-order valence-electron chi connectivity index (χ2n) is 3.69. The van der Waals surface area contributed by atoms with Gasteiger partial charge in [-0.05, 0) is 32.9 Å². The monoisotopic (exact) mass is 213 g/mol. The lowest BCUT2D eigenvalue weighted by atomic mass is 10.2. The summed E-state index contributed by atoms with van der Waals surface area (Å²) in [5, 5.41) is 3.50. The highest BCUT2D eigenvalue weighted by Crippen LogP contribution is 2.22. The predicted molar refractivity (Wildman–Crippen MR) is 61.9 cm³/mol. The molecule has 1 N–H and O–H groups in total. The number of thiophene rings is 1. The molecule has 0 saturated heterocycles. The van der Waals surface area contributed by atoms with Crippen LogP contribution in [0.4, 0.5) is 0 Å². The average molecular weight is 213 g/mol. The molecule has 3 heteroatoms. The van der Waals surface area contributed by atoms with Crippen LogP contribution in [-0.2, 0) is 4.74 Å². The number of hydrogen-bond donors (Lipinski definition) is 1. The van der Waals surface area contributed by atoms with Crippen LogP contribution in [0.5, 0.6) is 0 Å². The summed E-state index contributed by atoms with van der Waals surface area (Å²) in [7, 11) is 1.73. The molecule has 1 aromatic rings. The van der Waals surface area contributed by atoms with Gasteiger partial charge in [-0.15, -0.1) is 11.3 Å². The van der Waals surface area contributed by atoms with Gasteiger partial charge in [0.05, 0.1) is 6.61 Å². The van der Waals surface area contributed by atoms with Crippen molar-refractivity contribution in [1.29, 1.82) is 0 Å². The SMILES string of the molecule is COC[C@@H](C)N[C@H](C)c1ccc(C)s1. The van der Waals surface area contributed by atoms with E-state index in [1.54, 1.807) is 7.11 Å². The van der Waals surface area contributed by atoms with Crippen molar-refractivity contribution in [3.8, 4) is 0 Å². The third-order valence-electron chi connectivity index (χ3n) is 2.14. The Balaban J connectivity index is 2.45. The van der Waals surface area contributed by atoms with E-state index < -0.39 is 0 Å². The van der Waals surface area contributed by atoms with E-state index in [4.69, 9.17) is 4.74 Å². The Kier molecular flexibility index (Phi) is 4.58. The number of methoxy groups -OCH3 is 1. The van der Waals surface area contributed by atoms with E-state index >= 15 is 0 Å². The van der Waals surface area contributed by atoms with Crippen molar-refractivity contribution in [3.63, 3.8) is 0 Å². The normalized spacial score (nSPS) is 15.4. The summed E-state index contributed by atoms with van der Waals surface area (Å²) in [6.45, 7) is 7.23. The summed E-state index contributed by atoms with van der Waals surface area (Å²) in [5.41, 5.74) is 0. The largest absolute Gasteiger partial charge is 0.383 e. The van der Waals surface area contributed by atoms with Gasteiger partial charge in [0.25, 0.3) is 0 Å².